The first kappa shape index (κ1) is 14.9. The highest BCUT2D eigenvalue weighted by Gasteiger charge is 2.12. The smallest absolute Gasteiger partial charge is 0.172 e. The van der Waals surface area contributed by atoms with Crippen molar-refractivity contribution < 1.29 is 14.3 Å². The maximum atomic E-state index is 12.0. The average molecular weight is 268 g/mol. The van der Waals surface area contributed by atoms with Crippen LogP contribution in [-0.4, -0.2) is 31.0 Å². The second-order valence-corrected chi connectivity index (χ2v) is 5.45. The van der Waals surface area contributed by atoms with Crippen LogP contribution in [0, 0.1) is 0 Å². The molecule has 0 aliphatic rings. The molecule has 0 heterocycles. The topological polar surface area (TPSA) is 35.5 Å². The van der Waals surface area contributed by atoms with Gasteiger partial charge in [0.15, 0.2) is 17.3 Å². The Labute approximate surface area is 113 Å². The lowest BCUT2D eigenvalue weighted by atomic mass is 10.1. The number of methoxy groups -OCH3 is 2. The highest BCUT2D eigenvalue weighted by Crippen LogP contribution is 2.28. The summed E-state index contributed by atoms with van der Waals surface area (Å²) in [4.78, 5) is 12.0. The Bertz CT molecular complexity index is 404. The summed E-state index contributed by atoms with van der Waals surface area (Å²) in [5.41, 5.74) is 0.670. The second-order valence-electron chi connectivity index (χ2n) is 4.02. The standard InChI is InChI=1S/C14H20O3S/c1-5-10(2)18-9-12(15)11-6-7-13(16-3)14(8-11)17-4/h6-8,10H,5,9H2,1-4H3/t10-/m0/s1. The monoisotopic (exact) mass is 268 g/mol. The zero-order valence-corrected chi connectivity index (χ0v) is 12.2. The van der Waals surface area contributed by atoms with Crippen molar-refractivity contribution >= 4 is 17.5 Å². The minimum absolute atomic E-state index is 0.126. The minimum atomic E-state index is 0.126. The van der Waals surface area contributed by atoms with Crippen LogP contribution < -0.4 is 9.47 Å². The van der Waals surface area contributed by atoms with E-state index in [1.807, 2.05) is 0 Å². The number of Topliss-reactive ketones (excluding diaryl/α,β-unsaturated/α-hetero) is 1. The summed E-state index contributed by atoms with van der Waals surface area (Å²) in [6.07, 6.45) is 1.07. The molecule has 0 aromatic heterocycles. The van der Waals surface area contributed by atoms with E-state index >= 15 is 0 Å². The van der Waals surface area contributed by atoms with Crippen LogP contribution in [0.3, 0.4) is 0 Å². The van der Waals surface area contributed by atoms with Gasteiger partial charge in [0.05, 0.1) is 20.0 Å². The van der Waals surface area contributed by atoms with E-state index in [0.717, 1.165) is 6.42 Å². The highest BCUT2D eigenvalue weighted by atomic mass is 32.2. The van der Waals surface area contributed by atoms with E-state index < -0.39 is 0 Å². The molecule has 1 aromatic rings. The molecule has 0 fully saturated rings. The summed E-state index contributed by atoms with van der Waals surface area (Å²) in [6, 6.07) is 5.28. The molecule has 100 valence electrons. The highest BCUT2D eigenvalue weighted by molar-refractivity contribution is 8.00. The molecule has 1 atom stereocenters. The maximum absolute atomic E-state index is 12.0. The summed E-state index contributed by atoms with van der Waals surface area (Å²) in [5.74, 6) is 1.87. The fraction of sp³-hybridized carbons (Fsp3) is 0.500. The number of thioether (sulfide) groups is 1. The molecule has 0 unspecified atom stereocenters. The van der Waals surface area contributed by atoms with Gasteiger partial charge in [0.2, 0.25) is 0 Å². The Kier molecular flexibility index (Phi) is 6.05. The molecule has 0 spiro atoms. The molecule has 0 saturated carbocycles. The van der Waals surface area contributed by atoms with Crippen LogP contribution in [0.1, 0.15) is 30.6 Å². The van der Waals surface area contributed by atoms with Crippen molar-refractivity contribution in [2.24, 2.45) is 0 Å². The van der Waals surface area contributed by atoms with Crippen molar-refractivity contribution in [2.45, 2.75) is 25.5 Å². The summed E-state index contributed by atoms with van der Waals surface area (Å²) >= 11 is 1.68. The molecule has 0 aliphatic heterocycles. The first-order valence-electron chi connectivity index (χ1n) is 5.99. The Balaban J connectivity index is 2.74. The van der Waals surface area contributed by atoms with Crippen LogP contribution >= 0.6 is 11.8 Å². The molecule has 0 aliphatic carbocycles. The van der Waals surface area contributed by atoms with Gasteiger partial charge in [-0.25, -0.2) is 0 Å². The molecule has 0 radical (unpaired) electrons. The molecule has 0 saturated heterocycles. The normalized spacial score (nSPS) is 12.0. The van der Waals surface area contributed by atoms with E-state index in [-0.39, 0.29) is 5.78 Å². The van der Waals surface area contributed by atoms with Gasteiger partial charge < -0.3 is 9.47 Å². The van der Waals surface area contributed by atoms with Gasteiger partial charge in [-0.15, -0.1) is 0 Å². The molecule has 0 N–H and O–H groups in total. The molecule has 1 rings (SSSR count). The first-order valence-corrected chi connectivity index (χ1v) is 7.04. The molecular formula is C14H20O3S. The predicted octanol–water partition coefficient (Wildman–Crippen LogP) is 3.42. The Hall–Kier alpha value is -1.16. The summed E-state index contributed by atoms with van der Waals surface area (Å²) in [6.45, 7) is 4.26. The third-order valence-corrected chi connectivity index (χ3v) is 4.11. The van der Waals surface area contributed by atoms with Crippen LogP contribution in [0.2, 0.25) is 0 Å². The number of hydrogen-bond acceptors (Lipinski definition) is 4. The van der Waals surface area contributed by atoms with Crippen LogP contribution in [0.25, 0.3) is 0 Å². The fourth-order valence-electron chi connectivity index (χ4n) is 1.43. The van der Waals surface area contributed by atoms with Gasteiger partial charge in [0, 0.05) is 10.8 Å². The van der Waals surface area contributed by atoms with E-state index in [4.69, 9.17) is 9.47 Å². The largest absolute Gasteiger partial charge is 0.493 e. The van der Waals surface area contributed by atoms with Gasteiger partial charge in [-0.2, -0.15) is 11.8 Å². The third kappa shape index (κ3) is 3.95. The molecule has 0 bridgehead atoms. The Morgan fingerprint density at radius 3 is 2.50 bits per heavy atom. The summed E-state index contributed by atoms with van der Waals surface area (Å²) < 4.78 is 10.3. The zero-order valence-electron chi connectivity index (χ0n) is 11.4. The number of hydrogen-bond donors (Lipinski definition) is 0. The molecule has 4 heteroatoms. The SMILES string of the molecule is CC[C@H](C)SCC(=O)c1ccc(OC)c(OC)c1. The van der Waals surface area contributed by atoms with Crippen LogP contribution in [-0.2, 0) is 0 Å². The minimum Gasteiger partial charge on any atom is -0.493 e. The molecular weight excluding hydrogens is 248 g/mol. The number of carbonyl (C=O) groups is 1. The van der Waals surface area contributed by atoms with Gasteiger partial charge in [0.25, 0.3) is 0 Å². The number of carbonyl (C=O) groups excluding carboxylic acids is 1. The molecule has 3 nitrogen and oxygen atoms in total. The lowest BCUT2D eigenvalue weighted by molar-refractivity contribution is 0.102. The Morgan fingerprint density at radius 1 is 1.28 bits per heavy atom. The molecule has 1 aromatic carbocycles. The first-order chi connectivity index (χ1) is 8.62. The van der Waals surface area contributed by atoms with Gasteiger partial charge in [-0.3, -0.25) is 4.79 Å². The fourth-order valence-corrected chi connectivity index (χ4v) is 2.27. The van der Waals surface area contributed by atoms with Gasteiger partial charge in [-0.05, 0) is 24.6 Å². The number of ketones is 1. The van der Waals surface area contributed by atoms with Crippen molar-refractivity contribution in [1.29, 1.82) is 0 Å². The van der Waals surface area contributed by atoms with Crippen LogP contribution in [0.15, 0.2) is 18.2 Å². The number of benzene rings is 1. The lowest BCUT2D eigenvalue weighted by Gasteiger charge is -2.10. The van der Waals surface area contributed by atoms with Crippen molar-refractivity contribution in [1.82, 2.24) is 0 Å². The lowest BCUT2D eigenvalue weighted by Crippen LogP contribution is -2.06. The van der Waals surface area contributed by atoms with E-state index in [1.165, 1.54) is 0 Å². The average Bonchev–Trinajstić information content (AvgIpc) is 2.43. The van der Waals surface area contributed by atoms with Gasteiger partial charge in [-0.1, -0.05) is 13.8 Å². The van der Waals surface area contributed by atoms with Crippen molar-refractivity contribution in [3.8, 4) is 11.5 Å². The van der Waals surface area contributed by atoms with Gasteiger partial charge >= 0.3 is 0 Å². The molecule has 18 heavy (non-hydrogen) atoms. The van der Waals surface area contributed by atoms with Crippen LogP contribution in [0.5, 0.6) is 11.5 Å². The van der Waals surface area contributed by atoms with E-state index in [9.17, 15) is 4.79 Å². The second kappa shape index (κ2) is 7.31. The predicted molar refractivity (Wildman–Crippen MR) is 76.1 cm³/mol. The Morgan fingerprint density at radius 2 is 1.94 bits per heavy atom. The third-order valence-electron chi connectivity index (χ3n) is 2.78. The summed E-state index contributed by atoms with van der Waals surface area (Å²) in [5, 5.41) is 0.508. The van der Waals surface area contributed by atoms with Crippen molar-refractivity contribution in [3.63, 3.8) is 0 Å². The number of ether oxygens (including phenoxy) is 2. The van der Waals surface area contributed by atoms with E-state index in [2.05, 4.69) is 13.8 Å². The number of rotatable bonds is 7. The quantitative estimate of drug-likeness (QED) is 0.710. The zero-order chi connectivity index (χ0) is 13.5. The van der Waals surface area contributed by atoms with Crippen molar-refractivity contribution in [2.75, 3.05) is 20.0 Å². The maximum Gasteiger partial charge on any atom is 0.172 e. The van der Waals surface area contributed by atoms with Crippen molar-refractivity contribution in [3.05, 3.63) is 23.8 Å². The van der Waals surface area contributed by atoms with E-state index in [1.54, 1.807) is 44.2 Å². The molecule has 0 amide bonds. The summed E-state index contributed by atoms with van der Waals surface area (Å²) in [7, 11) is 3.15. The van der Waals surface area contributed by atoms with Gasteiger partial charge in [0.1, 0.15) is 0 Å². The van der Waals surface area contributed by atoms with E-state index in [0.29, 0.717) is 28.1 Å². The van der Waals surface area contributed by atoms with Crippen LogP contribution in [0.4, 0.5) is 0 Å².